The second kappa shape index (κ2) is 8.92. The third kappa shape index (κ3) is 4.34. The normalized spacial score (nSPS) is 17.8. The molecule has 3 aromatic rings. The zero-order valence-electron chi connectivity index (χ0n) is 18.0. The molecule has 1 aromatic heterocycles. The van der Waals surface area contributed by atoms with E-state index in [1.807, 2.05) is 42.2 Å². The number of aromatic nitrogens is 2. The monoisotopic (exact) mass is 463 g/mol. The number of hydrogen-bond acceptors (Lipinski definition) is 7. The molecule has 5 rings (SSSR count). The lowest BCUT2D eigenvalue weighted by atomic mass is 10.0. The number of benzene rings is 2. The molecule has 2 aliphatic rings. The minimum Gasteiger partial charge on any atom is -0.367 e. The SMILES string of the molecule is CCc1nc(-c2ccc(N3CCNCC3)c(F)c2)c2cc(C=C3SC(=O)NC3=O)ccc2n1. The van der Waals surface area contributed by atoms with E-state index in [0.29, 0.717) is 34.1 Å². The fourth-order valence-electron chi connectivity index (χ4n) is 4.05. The molecule has 2 fully saturated rings. The van der Waals surface area contributed by atoms with Crippen LogP contribution in [0.5, 0.6) is 0 Å². The van der Waals surface area contributed by atoms with Gasteiger partial charge in [-0.3, -0.25) is 14.9 Å². The Morgan fingerprint density at radius 1 is 1.12 bits per heavy atom. The van der Waals surface area contributed by atoms with Crippen LogP contribution in [0.15, 0.2) is 41.3 Å². The number of aryl methyl sites for hydroxylation is 1. The molecule has 2 amide bonds. The first kappa shape index (κ1) is 21.5. The predicted octanol–water partition coefficient (Wildman–Crippen LogP) is 3.73. The van der Waals surface area contributed by atoms with Crippen LogP contribution in [0.4, 0.5) is 14.9 Å². The van der Waals surface area contributed by atoms with Gasteiger partial charge in [-0.05, 0) is 47.7 Å². The van der Waals surface area contributed by atoms with E-state index in [4.69, 9.17) is 4.98 Å². The Hall–Kier alpha value is -3.30. The summed E-state index contributed by atoms with van der Waals surface area (Å²) in [5.41, 5.74) is 3.38. The number of nitrogens with zero attached hydrogens (tertiary/aromatic N) is 3. The van der Waals surface area contributed by atoms with Crippen molar-refractivity contribution in [3.8, 4) is 11.3 Å². The topological polar surface area (TPSA) is 87.2 Å². The first-order chi connectivity index (χ1) is 16.0. The molecule has 168 valence electrons. The van der Waals surface area contributed by atoms with Crippen LogP contribution in [0.25, 0.3) is 28.2 Å². The molecule has 0 bridgehead atoms. The molecule has 0 radical (unpaired) electrons. The van der Waals surface area contributed by atoms with Crippen LogP contribution in [0, 0.1) is 5.82 Å². The molecule has 0 aliphatic carbocycles. The highest BCUT2D eigenvalue weighted by molar-refractivity contribution is 8.18. The Balaban J connectivity index is 1.59. The molecule has 2 aliphatic heterocycles. The third-order valence-corrected chi connectivity index (χ3v) is 6.51. The number of carbonyl (C=O) groups is 2. The summed E-state index contributed by atoms with van der Waals surface area (Å²) in [6, 6.07) is 10.8. The molecule has 2 aromatic carbocycles. The maximum absolute atomic E-state index is 15.1. The average Bonchev–Trinajstić information content (AvgIpc) is 3.15. The van der Waals surface area contributed by atoms with Gasteiger partial charge in [-0.1, -0.05) is 19.1 Å². The van der Waals surface area contributed by atoms with Crippen molar-refractivity contribution in [1.29, 1.82) is 0 Å². The van der Waals surface area contributed by atoms with Crippen LogP contribution >= 0.6 is 11.8 Å². The Morgan fingerprint density at radius 2 is 1.94 bits per heavy atom. The Kier molecular flexibility index (Phi) is 5.82. The molecule has 0 saturated carbocycles. The van der Waals surface area contributed by atoms with E-state index in [9.17, 15) is 9.59 Å². The number of piperazine rings is 1. The van der Waals surface area contributed by atoms with Crippen molar-refractivity contribution < 1.29 is 14.0 Å². The molecule has 0 atom stereocenters. The highest BCUT2D eigenvalue weighted by atomic mass is 32.2. The minimum absolute atomic E-state index is 0.282. The standard InChI is InChI=1S/C24H22FN5O2S/c1-2-21-27-18-5-3-14(12-20-23(31)29-24(32)33-20)11-16(18)22(28-21)15-4-6-19(17(25)13-15)30-9-7-26-8-10-30/h3-6,11-13,26H,2,7-10H2,1H3,(H,29,31,32). The summed E-state index contributed by atoms with van der Waals surface area (Å²) in [4.78, 5) is 35.1. The van der Waals surface area contributed by atoms with Gasteiger partial charge >= 0.3 is 0 Å². The predicted molar refractivity (Wildman–Crippen MR) is 128 cm³/mol. The number of anilines is 1. The number of hydrogen-bond donors (Lipinski definition) is 2. The largest absolute Gasteiger partial charge is 0.367 e. The van der Waals surface area contributed by atoms with Gasteiger partial charge in [0.05, 0.1) is 21.8 Å². The summed E-state index contributed by atoms with van der Waals surface area (Å²) in [7, 11) is 0. The van der Waals surface area contributed by atoms with Crippen LogP contribution in [-0.2, 0) is 11.2 Å². The second-order valence-electron chi connectivity index (χ2n) is 7.87. The zero-order chi connectivity index (χ0) is 22.9. The van der Waals surface area contributed by atoms with Crippen LogP contribution < -0.4 is 15.5 Å². The maximum atomic E-state index is 15.1. The molecular weight excluding hydrogens is 441 g/mol. The van der Waals surface area contributed by atoms with E-state index in [2.05, 4.69) is 15.6 Å². The molecular formula is C24H22FN5O2S. The van der Waals surface area contributed by atoms with Gasteiger partial charge in [0, 0.05) is 43.5 Å². The van der Waals surface area contributed by atoms with Crippen molar-refractivity contribution in [1.82, 2.24) is 20.6 Å². The van der Waals surface area contributed by atoms with E-state index in [1.54, 1.807) is 6.08 Å². The minimum atomic E-state index is -0.409. The summed E-state index contributed by atoms with van der Waals surface area (Å²) in [5.74, 6) is -0.0185. The summed E-state index contributed by atoms with van der Waals surface area (Å²) in [6.45, 7) is 5.16. The Morgan fingerprint density at radius 3 is 2.64 bits per heavy atom. The highest BCUT2D eigenvalue weighted by Crippen LogP contribution is 2.32. The molecule has 33 heavy (non-hydrogen) atoms. The molecule has 2 saturated heterocycles. The van der Waals surface area contributed by atoms with Crippen molar-refractivity contribution >= 4 is 45.6 Å². The van der Waals surface area contributed by atoms with E-state index in [-0.39, 0.29) is 11.1 Å². The number of carbonyl (C=O) groups excluding carboxylic acids is 2. The molecule has 7 nitrogen and oxygen atoms in total. The molecule has 0 unspecified atom stereocenters. The number of thioether (sulfide) groups is 1. The smallest absolute Gasteiger partial charge is 0.290 e. The summed E-state index contributed by atoms with van der Waals surface area (Å²) in [6.07, 6.45) is 2.31. The summed E-state index contributed by atoms with van der Waals surface area (Å²) >= 11 is 0.869. The number of rotatable bonds is 4. The fourth-order valence-corrected chi connectivity index (χ4v) is 4.73. The van der Waals surface area contributed by atoms with Crippen LogP contribution in [0.1, 0.15) is 18.3 Å². The number of nitrogens with one attached hydrogen (secondary N) is 2. The lowest BCUT2D eigenvalue weighted by Crippen LogP contribution is -2.43. The Labute approximate surface area is 194 Å². The van der Waals surface area contributed by atoms with E-state index < -0.39 is 5.91 Å². The van der Waals surface area contributed by atoms with Gasteiger partial charge in [0.2, 0.25) is 0 Å². The first-order valence-corrected chi connectivity index (χ1v) is 11.6. The van der Waals surface area contributed by atoms with Gasteiger partial charge in [-0.25, -0.2) is 14.4 Å². The van der Waals surface area contributed by atoms with Crippen LogP contribution in [0.2, 0.25) is 0 Å². The first-order valence-electron chi connectivity index (χ1n) is 10.8. The van der Waals surface area contributed by atoms with Gasteiger partial charge in [-0.15, -0.1) is 0 Å². The maximum Gasteiger partial charge on any atom is 0.290 e. The van der Waals surface area contributed by atoms with Crippen molar-refractivity contribution in [2.24, 2.45) is 0 Å². The van der Waals surface area contributed by atoms with Gasteiger partial charge in [0.15, 0.2) is 0 Å². The fraction of sp³-hybridized carbons (Fsp3) is 0.250. The molecule has 9 heteroatoms. The Bertz CT molecular complexity index is 1300. The lowest BCUT2D eigenvalue weighted by molar-refractivity contribution is -0.115. The molecule has 2 N–H and O–H groups in total. The summed E-state index contributed by atoms with van der Waals surface area (Å²) in [5, 5.41) is 5.91. The number of halogens is 1. The van der Waals surface area contributed by atoms with E-state index in [1.165, 1.54) is 6.07 Å². The zero-order valence-corrected chi connectivity index (χ0v) is 18.8. The van der Waals surface area contributed by atoms with Gasteiger partial charge in [0.1, 0.15) is 11.6 Å². The van der Waals surface area contributed by atoms with Crippen molar-refractivity contribution in [3.05, 3.63) is 58.5 Å². The average molecular weight is 464 g/mol. The number of amides is 2. The van der Waals surface area contributed by atoms with Crippen molar-refractivity contribution in [2.75, 3.05) is 31.1 Å². The van der Waals surface area contributed by atoms with E-state index >= 15 is 4.39 Å². The number of imide groups is 1. The number of fused-ring (bicyclic) bond motifs is 1. The van der Waals surface area contributed by atoms with E-state index in [0.717, 1.165) is 54.4 Å². The third-order valence-electron chi connectivity index (χ3n) is 5.70. The van der Waals surface area contributed by atoms with Crippen LogP contribution in [-0.4, -0.2) is 47.3 Å². The van der Waals surface area contributed by atoms with Crippen molar-refractivity contribution in [2.45, 2.75) is 13.3 Å². The van der Waals surface area contributed by atoms with Crippen LogP contribution in [0.3, 0.4) is 0 Å². The molecule has 0 spiro atoms. The van der Waals surface area contributed by atoms with Gasteiger partial charge in [0.25, 0.3) is 11.1 Å². The summed E-state index contributed by atoms with van der Waals surface area (Å²) < 4.78 is 15.1. The second-order valence-corrected chi connectivity index (χ2v) is 8.89. The quantitative estimate of drug-likeness (QED) is 0.570. The van der Waals surface area contributed by atoms with Gasteiger partial charge < -0.3 is 10.2 Å². The molecule has 3 heterocycles. The highest BCUT2D eigenvalue weighted by Gasteiger charge is 2.25. The van der Waals surface area contributed by atoms with Gasteiger partial charge in [-0.2, -0.15) is 0 Å². The van der Waals surface area contributed by atoms with Crippen molar-refractivity contribution in [3.63, 3.8) is 0 Å². The lowest BCUT2D eigenvalue weighted by Gasteiger charge is -2.29.